The fourth-order valence-corrected chi connectivity index (χ4v) is 2.47. The van der Waals surface area contributed by atoms with Crippen LogP contribution in [-0.4, -0.2) is 23.4 Å². The quantitative estimate of drug-likeness (QED) is 0.570. The highest BCUT2D eigenvalue weighted by Gasteiger charge is 2.47. The molecule has 0 saturated heterocycles. The lowest BCUT2D eigenvalue weighted by Gasteiger charge is -2.31. The topological polar surface area (TPSA) is 40.5 Å². The number of allylic oxidation sites excluding steroid dienone is 2. The molecule has 1 saturated carbocycles. The van der Waals surface area contributed by atoms with Crippen molar-refractivity contribution in [3.63, 3.8) is 0 Å². The van der Waals surface area contributed by atoms with Gasteiger partial charge in [0.15, 0.2) is 0 Å². The van der Waals surface area contributed by atoms with E-state index in [1.807, 2.05) is 0 Å². The molecule has 0 aliphatic heterocycles. The summed E-state index contributed by atoms with van der Waals surface area (Å²) in [6, 6.07) is 0. The summed E-state index contributed by atoms with van der Waals surface area (Å²) in [4.78, 5) is 0. The highest BCUT2D eigenvalue weighted by Crippen LogP contribution is 2.51. The summed E-state index contributed by atoms with van der Waals surface area (Å²) >= 11 is 0. The van der Waals surface area contributed by atoms with Gasteiger partial charge in [0.1, 0.15) is 0 Å². The molecule has 2 N–H and O–H groups in total. The molecule has 2 aliphatic carbocycles. The van der Waals surface area contributed by atoms with E-state index in [1.54, 1.807) is 0 Å². The van der Waals surface area contributed by atoms with Gasteiger partial charge in [-0.2, -0.15) is 0 Å². The predicted molar refractivity (Wildman–Crippen MR) is 42.0 cm³/mol. The van der Waals surface area contributed by atoms with Crippen LogP contribution >= 0.6 is 0 Å². The number of rotatable bonds is 2. The molecular weight excluding hydrogens is 140 g/mol. The second-order valence-corrected chi connectivity index (χ2v) is 3.87. The number of aliphatic hydroxyl groups excluding tert-OH is 2. The first-order valence-corrected chi connectivity index (χ1v) is 4.21. The molecule has 11 heavy (non-hydrogen) atoms. The molecule has 0 radical (unpaired) electrons. The van der Waals surface area contributed by atoms with Crippen molar-refractivity contribution in [3.8, 4) is 0 Å². The van der Waals surface area contributed by atoms with E-state index >= 15 is 0 Å². The van der Waals surface area contributed by atoms with Crippen molar-refractivity contribution in [1.29, 1.82) is 0 Å². The molecule has 62 valence electrons. The van der Waals surface area contributed by atoms with Crippen LogP contribution in [0, 0.1) is 17.3 Å². The first-order chi connectivity index (χ1) is 5.30. The summed E-state index contributed by atoms with van der Waals surface area (Å²) in [5.41, 5.74) is -0.181. The van der Waals surface area contributed by atoms with Gasteiger partial charge < -0.3 is 10.2 Å². The minimum Gasteiger partial charge on any atom is -0.396 e. The van der Waals surface area contributed by atoms with Gasteiger partial charge in [-0.05, 0) is 24.7 Å². The largest absolute Gasteiger partial charge is 0.396 e. The maximum absolute atomic E-state index is 9.14. The van der Waals surface area contributed by atoms with E-state index in [1.165, 1.54) is 0 Å². The summed E-state index contributed by atoms with van der Waals surface area (Å²) in [5, 5.41) is 18.3. The van der Waals surface area contributed by atoms with Gasteiger partial charge >= 0.3 is 0 Å². The minimum absolute atomic E-state index is 0.134. The second kappa shape index (κ2) is 2.32. The molecule has 2 atom stereocenters. The lowest BCUT2D eigenvalue weighted by Crippen LogP contribution is -2.33. The average Bonchev–Trinajstić information content (AvgIpc) is 2.62. The first kappa shape index (κ1) is 7.32. The Kier molecular flexibility index (Phi) is 1.55. The molecular formula is C9H14O2. The number of hydrogen-bond acceptors (Lipinski definition) is 2. The summed E-state index contributed by atoms with van der Waals surface area (Å²) in [6.45, 7) is 0.268. The molecule has 2 aliphatic rings. The SMILES string of the molecule is OCC1(CO)C[C@H]2C=C[C@@H]1C2. The first-order valence-electron chi connectivity index (χ1n) is 4.21. The van der Waals surface area contributed by atoms with Crippen LogP contribution in [0.4, 0.5) is 0 Å². The van der Waals surface area contributed by atoms with Crippen molar-refractivity contribution >= 4 is 0 Å². The average molecular weight is 154 g/mol. The molecule has 0 heterocycles. The maximum Gasteiger partial charge on any atom is 0.0515 e. The minimum atomic E-state index is -0.181. The Morgan fingerprint density at radius 2 is 2.00 bits per heavy atom. The van der Waals surface area contributed by atoms with Gasteiger partial charge in [0.25, 0.3) is 0 Å². The summed E-state index contributed by atoms with van der Waals surface area (Å²) in [6.07, 6.45) is 6.48. The van der Waals surface area contributed by atoms with Gasteiger partial charge in [0, 0.05) is 5.41 Å². The van der Waals surface area contributed by atoms with Gasteiger partial charge in [-0.15, -0.1) is 0 Å². The van der Waals surface area contributed by atoms with Crippen LogP contribution < -0.4 is 0 Å². The monoisotopic (exact) mass is 154 g/mol. The third-order valence-corrected chi connectivity index (χ3v) is 3.26. The van der Waals surface area contributed by atoms with Crippen LogP contribution in [0.25, 0.3) is 0 Å². The summed E-state index contributed by atoms with van der Waals surface area (Å²) < 4.78 is 0. The van der Waals surface area contributed by atoms with E-state index in [2.05, 4.69) is 12.2 Å². The van der Waals surface area contributed by atoms with E-state index in [0.717, 1.165) is 12.8 Å². The van der Waals surface area contributed by atoms with E-state index in [9.17, 15) is 0 Å². The van der Waals surface area contributed by atoms with Gasteiger partial charge in [-0.3, -0.25) is 0 Å². The third-order valence-electron chi connectivity index (χ3n) is 3.26. The Hall–Kier alpha value is -0.340. The van der Waals surface area contributed by atoms with Crippen LogP contribution in [0.5, 0.6) is 0 Å². The molecule has 2 nitrogen and oxygen atoms in total. The Morgan fingerprint density at radius 1 is 1.27 bits per heavy atom. The van der Waals surface area contributed by atoms with Crippen LogP contribution in [0.15, 0.2) is 12.2 Å². The summed E-state index contributed by atoms with van der Waals surface area (Å²) in [7, 11) is 0. The van der Waals surface area contributed by atoms with Gasteiger partial charge in [0.05, 0.1) is 13.2 Å². The highest BCUT2D eigenvalue weighted by atomic mass is 16.3. The standard InChI is InChI=1S/C9H14O2/c10-5-9(6-11)4-7-1-2-8(9)3-7/h1-2,7-8,10-11H,3-6H2/t7-,8+/m0/s1. The normalized spacial score (nSPS) is 38.4. The maximum atomic E-state index is 9.14. The molecule has 2 bridgehead atoms. The molecule has 0 aromatic rings. The molecule has 0 amide bonds. The Morgan fingerprint density at radius 3 is 2.27 bits per heavy atom. The fourth-order valence-electron chi connectivity index (χ4n) is 2.47. The van der Waals surface area contributed by atoms with Crippen molar-refractivity contribution < 1.29 is 10.2 Å². The Bertz CT molecular complexity index is 182. The van der Waals surface area contributed by atoms with E-state index in [0.29, 0.717) is 11.8 Å². The fraction of sp³-hybridized carbons (Fsp3) is 0.778. The molecule has 2 heteroatoms. The van der Waals surface area contributed by atoms with Crippen molar-refractivity contribution in [3.05, 3.63) is 12.2 Å². The van der Waals surface area contributed by atoms with Crippen molar-refractivity contribution in [2.75, 3.05) is 13.2 Å². The molecule has 1 fully saturated rings. The van der Waals surface area contributed by atoms with E-state index in [-0.39, 0.29) is 18.6 Å². The molecule has 0 aromatic carbocycles. The zero-order valence-corrected chi connectivity index (χ0v) is 6.53. The van der Waals surface area contributed by atoms with Crippen LogP contribution in [0.3, 0.4) is 0 Å². The number of hydrogen-bond donors (Lipinski definition) is 2. The van der Waals surface area contributed by atoms with Crippen molar-refractivity contribution in [2.45, 2.75) is 12.8 Å². The van der Waals surface area contributed by atoms with Crippen LogP contribution in [0.1, 0.15) is 12.8 Å². The summed E-state index contributed by atoms with van der Waals surface area (Å²) in [5.74, 6) is 1.06. The zero-order valence-electron chi connectivity index (χ0n) is 6.53. The number of aliphatic hydroxyl groups is 2. The zero-order chi connectivity index (χ0) is 7.90. The molecule has 0 unspecified atom stereocenters. The van der Waals surface area contributed by atoms with Crippen LogP contribution in [0.2, 0.25) is 0 Å². The van der Waals surface area contributed by atoms with E-state index in [4.69, 9.17) is 10.2 Å². The van der Waals surface area contributed by atoms with Crippen molar-refractivity contribution in [2.24, 2.45) is 17.3 Å². The Labute approximate surface area is 66.5 Å². The second-order valence-electron chi connectivity index (χ2n) is 3.87. The van der Waals surface area contributed by atoms with Crippen molar-refractivity contribution in [1.82, 2.24) is 0 Å². The van der Waals surface area contributed by atoms with E-state index < -0.39 is 0 Å². The lowest BCUT2D eigenvalue weighted by molar-refractivity contribution is 0.0335. The molecule has 0 aromatic heterocycles. The van der Waals surface area contributed by atoms with Crippen LogP contribution in [-0.2, 0) is 0 Å². The smallest absolute Gasteiger partial charge is 0.0515 e. The molecule has 2 rings (SSSR count). The highest BCUT2D eigenvalue weighted by molar-refractivity contribution is 5.15. The Balaban J connectivity index is 2.21. The van der Waals surface area contributed by atoms with Gasteiger partial charge in [-0.25, -0.2) is 0 Å². The van der Waals surface area contributed by atoms with Gasteiger partial charge in [-0.1, -0.05) is 12.2 Å². The third kappa shape index (κ3) is 0.861. The lowest BCUT2D eigenvalue weighted by atomic mass is 9.77. The van der Waals surface area contributed by atoms with Gasteiger partial charge in [0.2, 0.25) is 0 Å². The predicted octanol–water partition coefficient (Wildman–Crippen LogP) is 0.553. The number of fused-ring (bicyclic) bond motifs is 2. The molecule has 0 spiro atoms.